The van der Waals surface area contributed by atoms with Gasteiger partial charge in [0.1, 0.15) is 17.5 Å². The first kappa shape index (κ1) is 17.2. The van der Waals surface area contributed by atoms with Gasteiger partial charge in [0.05, 0.1) is 22.5 Å². The molecule has 0 aliphatic heterocycles. The van der Waals surface area contributed by atoms with E-state index in [1.165, 1.54) is 16.9 Å². The minimum absolute atomic E-state index is 0.0917. The molecule has 0 aliphatic carbocycles. The maximum absolute atomic E-state index is 12.7. The van der Waals surface area contributed by atoms with Crippen LogP contribution in [0.5, 0.6) is 0 Å². The van der Waals surface area contributed by atoms with Crippen LogP contribution in [0, 0.1) is 11.3 Å². The summed E-state index contributed by atoms with van der Waals surface area (Å²) in [6.45, 7) is 2.64. The number of benzene rings is 1. The molecule has 2 rings (SSSR count). The number of anilines is 1. The molecule has 0 amide bonds. The Bertz CT molecular complexity index is 731. The number of hydrogen-bond donors (Lipinski definition) is 1. The van der Waals surface area contributed by atoms with Gasteiger partial charge in [0.15, 0.2) is 0 Å². The number of aromatic nitrogens is 2. The highest BCUT2D eigenvalue weighted by molar-refractivity contribution is 6.32. The van der Waals surface area contributed by atoms with Crippen molar-refractivity contribution < 1.29 is 13.2 Å². The van der Waals surface area contributed by atoms with E-state index in [0.29, 0.717) is 17.9 Å². The van der Waals surface area contributed by atoms with Crippen LogP contribution in [0.2, 0.25) is 5.02 Å². The van der Waals surface area contributed by atoms with Crippen molar-refractivity contribution in [2.75, 3.05) is 11.9 Å². The maximum Gasteiger partial charge on any atom is 0.416 e. The van der Waals surface area contributed by atoms with Crippen LogP contribution in [0.3, 0.4) is 0 Å². The van der Waals surface area contributed by atoms with Crippen molar-refractivity contribution in [2.24, 2.45) is 0 Å². The molecule has 8 heteroatoms. The summed E-state index contributed by atoms with van der Waals surface area (Å²) in [6, 6.07) is 5.02. The quantitative estimate of drug-likeness (QED) is 0.806. The number of nitriles is 1. The molecule has 1 aromatic carbocycles. The van der Waals surface area contributed by atoms with Crippen molar-refractivity contribution in [3.63, 3.8) is 0 Å². The van der Waals surface area contributed by atoms with E-state index in [4.69, 9.17) is 16.9 Å². The van der Waals surface area contributed by atoms with Crippen molar-refractivity contribution in [1.29, 1.82) is 5.26 Å². The fourth-order valence-corrected chi connectivity index (χ4v) is 2.28. The average Bonchev–Trinajstić information content (AvgIpc) is 2.89. The van der Waals surface area contributed by atoms with E-state index in [2.05, 4.69) is 10.4 Å². The minimum Gasteiger partial charge on any atom is -0.369 e. The maximum atomic E-state index is 12.7. The van der Waals surface area contributed by atoms with Crippen LogP contribution in [0.1, 0.15) is 30.9 Å². The summed E-state index contributed by atoms with van der Waals surface area (Å²) in [7, 11) is 0. The molecule has 0 atom stereocenters. The topological polar surface area (TPSA) is 53.6 Å². The normalized spacial score (nSPS) is 11.3. The number of unbranched alkanes of at least 4 members (excludes halogenated alkanes) is 1. The van der Waals surface area contributed by atoms with Crippen molar-refractivity contribution >= 4 is 17.4 Å². The van der Waals surface area contributed by atoms with Crippen molar-refractivity contribution in [3.05, 3.63) is 40.5 Å². The second-order valence-corrected chi connectivity index (χ2v) is 5.28. The number of nitrogens with one attached hydrogen (secondary N) is 1. The summed E-state index contributed by atoms with van der Waals surface area (Å²) in [5.41, 5.74) is -0.253. The van der Waals surface area contributed by atoms with Gasteiger partial charge in [-0.3, -0.25) is 0 Å². The summed E-state index contributed by atoms with van der Waals surface area (Å²) >= 11 is 5.98. The monoisotopic (exact) mass is 342 g/mol. The number of rotatable bonds is 5. The van der Waals surface area contributed by atoms with Gasteiger partial charge in [0.2, 0.25) is 0 Å². The molecule has 0 aliphatic rings. The lowest BCUT2D eigenvalue weighted by Gasteiger charge is -2.13. The molecular weight excluding hydrogens is 329 g/mol. The lowest BCUT2D eigenvalue weighted by molar-refractivity contribution is -0.137. The number of hydrogen-bond acceptors (Lipinski definition) is 3. The summed E-state index contributed by atoms with van der Waals surface area (Å²) in [6.07, 6.45) is -1.27. The molecule has 23 heavy (non-hydrogen) atoms. The number of nitrogens with zero attached hydrogens (tertiary/aromatic N) is 3. The van der Waals surface area contributed by atoms with Crippen molar-refractivity contribution in [3.8, 4) is 11.8 Å². The second kappa shape index (κ2) is 6.92. The fourth-order valence-electron chi connectivity index (χ4n) is 2.02. The molecule has 122 valence electrons. The standard InChI is InChI=1S/C15H14ClF3N4/c1-2-3-6-21-14-10(8-20)9-22-23(14)13-5-4-11(7-12(13)16)15(17,18)19/h4-5,7,9,21H,2-3,6H2,1H3. The van der Waals surface area contributed by atoms with E-state index in [9.17, 15) is 13.2 Å². The molecule has 0 unspecified atom stereocenters. The Labute approximate surface area is 136 Å². The lowest BCUT2D eigenvalue weighted by Crippen LogP contribution is -2.10. The highest BCUT2D eigenvalue weighted by Gasteiger charge is 2.31. The predicted octanol–water partition coefficient (Wildman–Crippen LogP) is 4.63. The van der Waals surface area contributed by atoms with E-state index >= 15 is 0 Å². The second-order valence-electron chi connectivity index (χ2n) is 4.87. The first-order valence-electron chi connectivity index (χ1n) is 6.97. The van der Waals surface area contributed by atoms with E-state index in [0.717, 1.165) is 25.0 Å². The molecule has 4 nitrogen and oxygen atoms in total. The molecule has 0 bridgehead atoms. The smallest absolute Gasteiger partial charge is 0.369 e. The first-order chi connectivity index (χ1) is 10.9. The third kappa shape index (κ3) is 3.77. The van der Waals surface area contributed by atoms with Gasteiger partial charge in [-0.15, -0.1) is 0 Å². The van der Waals surface area contributed by atoms with Crippen molar-refractivity contribution in [1.82, 2.24) is 9.78 Å². The Morgan fingerprint density at radius 1 is 1.39 bits per heavy atom. The van der Waals surface area contributed by atoms with Crippen LogP contribution in [0.25, 0.3) is 5.69 Å². The lowest BCUT2D eigenvalue weighted by atomic mass is 10.2. The van der Waals surface area contributed by atoms with Gasteiger partial charge in [-0.1, -0.05) is 24.9 Å². The molecule has 1 aromatic heterocycles. The summed E-state index contributed by atoms with van der Waals surface area (Å²) < 4.78 is 39.5. The van der Waals surface area contributed by atoms with E-state index < -0.39 is 11.7 Å². The van der Waals surface area contributed by atoms with Gasteiger partial charge >= 0.3 is 6.18 Å². The molecule has 1 heterocycles. The zero-order chi connectivity index (χ0) is 17.0. The molecule has 0 fully saturated rings. The molecule has 0 saturated heterocycles. The molecule has 2 aromatic rings. The summed E-state index contributed by atoms with van der Waals surface area (Å²) in [5.74, 6) is 0.419. The van der Waals surface area contributed by atoms with E-state index in [-0.39, 0.29) is 10.7 Å². The van der Waals surface area contributed by atoms with Crippen molar-refractivity contribution in [2.45, 2.75) is 25.9 Å². The Morgan fingerprint density at radius 2 is 2.13 bits per heavy atom. The molecule has 1 N–H and O–H groups in total. The van der Waals surface area contributed by atoms with Gasteiger partial charge in [0.25, 0.3) is 0 Å². The molecule has 0 saturated carbocycles. The van der Waals surface area contributed by atoms with Gasteiger partial charge < -0.3 is 5.32 Å². The Morgan fingerprint density at radius 3 is 2.70 bits per heavy atom. The Hall–Kier alpha value is -2.20. The zero-order valence-electron chi connectivity index (χ0n) is 12.3. The average molecular weight is 343 g/mol. The summed E-state index contributed by atoms with van der Waals surface area (Å²) in [5, 5.41) is 16.2. The van der Waals surface area contributed by atoms with E-state index in [1.54, 1.807) is 0 Å². The van der Waals surface area contributed by atoms with Gasteiger partial charge in [0, 0.05) is 6.54 Å². The van der Waals surface area contributed by atoms with Gasteiger partial charge in [-0.25, -0.2) is 4.68 Å². The van der Waals surface area contributed by atoms with Gasteiger partial charge in [-0.2, -0.15) is 23.5 Å². The van der Waals surface area contributed by atoms with E-state index in [1.807, 2.05) is 13.0 Å². The van der Waals surface area contributed by atoms with Crippen LogP contribution in [0.15, 0.2) is 24.4 Å². The third-order valence-corrected chi connectivity index (χ3v) is 3.52. The van der Waals surface area contributed by atoms with Crippen LogP contribution >= 0.6 is 11.6 Å². The minimum atomic E-state index is -4.47. The SMILES string of the molecule is CCCCNc1c(C#N)cnn1-c1ccc(C(F)(F)F)cc1Cl. The number of halogens is 4. The third-order valence-electron chi connectivity index (χ3n) is 3.22. The first-order valence-corrected chi connectivity index (χ1v) is 7.35. The Kier molecular flexibility index (Phi) is 5.16. The molecule has 0 spiro atoms. The predicted molar refractivity (Wildman–Crippen MR) is 81.7 cm³/mol. The largest absolute Gasteiger partial charge is 0.416 e. The summed E-state index contributed by atoms with van der Waals surface area (Å²) in [4.78, 5) is 0. The molecular formula is C15H14ClF3N4. The molecule has 0 radical (unpaired) electrons. The Balaban J connectivity index is 2.42. The van der Waals surface area contributed by atoms with Crippen LogP contribution in [0.4, 0.5) is 19.0 Å². The van der Waals surface area contributed by atoms with Crippen LogP contribution in [-0.2, 0) is 6.18 Å². The zero-order valence-corrected chi connectivity index (χ0v) is 13.0. The number of alkyl halides is 3. The fraction of sp³-hybridized carbons (Fsp3) is 0.333. The van der Waals surface area contributed by atoms with Gasteiger partial charge in [-0.05, 0) is 24.6 Å². The highest BCUT2D eigenvalue weighted by Crippen LogP contribution is 2.34. The van der Waals surface area contributed by atoms with Crippen LogP contribution in [-0.4, -0.2) is 16.3 Å². The highest BCUT2D eigenvalue weighted by atomic mass is 35.5. The van der Waals surface area contributed by atoms with Crippen LogP contribution < -0.4 is 5.32 Å².